The lowest BCUT2D eigenvalue weighted by molar-refractivity contribution is -0.121. The van der Waals surface area contributed by atoms with Crippen LogP contribution in [-0.2, 0) is 11.2 Å². The molecule has 3 rings (SSSR count). The van der Waals surface area contributed by atoms with Crippen molar-refractivity contribution in [1.82, 2.24) is 5.32 Å². The molecule has 0 saturated carbocycles. The predicted molar refractivity (Wildman–Crippen MR) is 115 cm³/mol. The maximum absolute atomic E-state index is 12.8. The van der Waals surface area contributed by atoms with Crippen LogP contribution in [0.15, 0.2) is 72.8 Å². The second-order valence-corrected chi connectivity index (χ2v) is 7.01. The molecule has 4 heteroatoms. The average Bonchev–Trinajstić information content (AvgIpc) is 2.77. The van der Waals surface area contributed by atoms with Gasteiger partial charge in [-0.25, -0.2) is 0 Å². The summed E-state index contributed by atoms with van der Waals surface area (Å²) in [6, 6.07) is 23.9. The van der Waals surface area contributed by atoms with E-state index in [4.69, 9.17) is 9.47 Å². The van der Waals surface area contributed by atoms with Gasteiger partial charge in [-0.3, -0.25) is 4.79 Å². The maximum Gasteiger partial charge on any atom is 0.221 e. The van der Waals surface area contributed by atoms with E-state index in [1.54, 1.807) is 14.2 Å². The van der Waals surface area contributed by atoms with Crippen molar-refractivity contribution in [2.24, 2.45) is 0 Å². The normalized spacial score (nSPS) is 11.6. The first kappa shape index (κ1) is 20.5. The Balaban J connectivity index is 1.71. The number of rotatable bonds is 8. The Morgan fingerprint density at radius 1 is 0.862 bits per heavy atom. The molecule has 0 aliphatic carbocycles. The molecule has 0 aliphatic heterocycles. The molecule has 0 spiro atoms. The van der Waals surface area contributed by atoms with E-state index in [1.807, 2.05) is 48.5 Å². The van der Waals surface area contributed by atoms with E-state index < -0.39 is 0 Å². The molecule has 0 unspecified atom stereocenters. The Labute approximate surface area is 172 Å². The van der Waals surface area contributed by atoms with Crippen molar-refractivity contribution in [2.45, 2.75) is 25.8 Å². The van der Waals surface area contributed by atoms with Gasteiger partial charge in [-0.15, -0.1) is 0 Å². The molecule has 0 fully saturated rings. The monoisotopic (exact) mass is 389 g/mol. The lowest BCUT2D eigenvalue weighted by atomic mass is 9.97. The first-order chi connectivity index (χ1) is 14.1. The molecule has 1 atom stereocenters. The fraction of sp³-hybridized carbons (Fsp3) is 0.240. The highest BCUT2D eigenvalue weighted by Gasteiger charge is 2.17. The van der Waals surface area contributed by atoms with Gasteiger partial charge in [0.1, 0.15) is 0 Å². The number of benzene rings is 3. The Hall–Kier alpha value is -3.27. The summed E-state index contributed by atoms with van der Waals surface area (Å²) in [7, 11) is 3.22. The van der Waals surface area contributed by atoms with Crippen LogP contribution in [0, 0.1) is 6.92 Å². The second-order valence-electron chi connectivity index (χ2n) is 7.01. The van der Waals surface area contributed by atoms with Crippen LogP contribution in [0.5, 0.6) is 11.5 Å². The van der Waals surface area contributed by atoms with Crippen molar-refractivity contribution < 1.29 is 14.3 Å². The summed E-state index contributed by atoms with van der Waals surface area (Å²) in [6.45, 7) is 2.06. The van der Waals surface area contributed by atoms with Gasteiger partial charge in [-0.05, 0) is 42.2 Å². The number of hydrogen-bond acceptors (Lipinski definition) is 3. The Kier molecular flexibility index (Phi) is 6.90. The van der Waals surface area contributed by atoms with Gasteiger partial charge in [0.15, 0.2) is 11.5 Å². The summed E-state index contributed by atoms with van der Waals surface area (Å²) >= 11 is 0. The zero-order valence-corrected chi connectivity index (χ0v) is 17.1. The van der Waals surface area contributed by atoms with Crippen LogP contribution in [0.25, 0.3) is 0 Å². The molecule has 0 bridgehead atoms. The summed E-state index contributed by atoms with van der Waals surface area (Å²) in [4.78, 5) is 12.8. The minimum atomic E-state index is -0.172. The second kappa shape index (κ2) is 9.78. The van der Waals surface area contributed by atoms with E-state index in [2.05, 4.69) is 36.5 Å². The van der Waals surface area contributed by atoms with E-state index in [9.17, 15) is 4.79 Å². The van der Waals surface area contributed by atoms with Crippen LogP contribution >= 0.6 is 0 Å². The van der Waals surface area contributed by atoms with Crippen LogP contribution in [0.3, 0.4) is 0 Å². The van der Waals surface area contributed by atoms with Gasteiger partial charge in [0, 0.05) is 6.42 Å². The number of methoxy groups -OCH3 is 2. The van der Waals surface area contributed by atoms with Gasteiger partial charge >= 0.3 is 0 Å². The third-order valence-electron chi connectivity index (χ3n) is 4.94. The minimum absolute atomic E-state index is 0.00853. The summed E-state index contributed by atoms with van der Waals surface area (Å²) < 4.78 is 10.6. The van der Waals surface area contributed by atoms with Crippen LogP contribution in [0.2, 0.25) is 0 Å². The standard InChI is InChI=1S/C25H27NO3/c1-18-9-13-21(14-10-18)25(20-7-5-4-6-8-20)26-24(27)16-12-19-11-15-22(28-2)23(17-19)29-3/h4-11,13-15,17,25H,12,16H2,1-3H3,(H,26,27)/t25-/m1/s1. The average molecular weight is 389 g/mol. The fourth-order valence-electron chi connectivity index (χ4n) is 3.29. The van der Waals surface area contributed by atoms with Crippen LogP contribution in [0.4, 0.5) is 0 Å². The van der Waals surface area contributed by atoms with Crippen molar-refractivity contribution >= 4 is 5.91 Å². The molecule has 150 valence electrons. The van der Waals surface area contributed by atoms with E-state index >= 15 is 0 Å². The number of carbonyl (C=O) groups is 1. The number of aryl methyl sites for hydroxylation is 2. The zero-order chi connectivity index (χ0) is 20.6. The van der Waals surface area contributed by atoms with Crippen molar-refractivity contribution in [3.8, 4) is 11.5 Å². The number of hydrogen-bond donors (Lipinski definition) is 1. The fourth-order valence-corrected chi connectivity index (χ4v) is 3.29. The van der Waals surface area contributed by atoms with Gasteiger partial charge in [-0.2, -0.15) is 0 Å². The topological polar surface area (TPSA) is 47.6 Å². The van der Waals surface area contributed by atoms with Crippen LogP contribution in [-0.4, -0.2) is 20.1 Å². The van der Waals surface area contributed by atoms with Gasteiger partial charge in [0.2, 0.25) is 5.91 Å². The van der Waals surface area contributed by atoms with Crippen LogP contribution < -0.4 is 14.8 Å². The lowest BCUT2D eigenvalue weighted by Gasteiger charge is -2.20. The van der Waals surface area contributed by atoms with E-state index in [0.717, 1.165) is 16.7 Å². The van der Waals surface area contributed by atoms with Crippen molar-refractivity contribution in [3.05, 3.63) is 95.1 Å². The molecular formula is C25H27NO3. The number of ether oxygens (including phenoxy) is 2. The first-order valence-corrected chi connectivity index (χ1v) is 9.72. The molecule has 3 aromatic rings. The van der Waals surface area contributed by atoms with Gasteiger partial charge in [-0.1, -0.05) is 66.2 Å². The third-order valence-corrected chi connectivity index (χ3v) is 4.94. The Morgan fingerprint density at radius 2 is 1.52 bits per heavy atom. The smallest absolute Gasteiger partial charge is 0.221 e. The molecule has 0 radical (unpaired) electrons. The quantitative estimate of drug-likeness (QED) is 0.599. The molecule has 0 aliphatic rings. The van der Waals surface area contributed by atoms with Crippen LogP contribution in [0.1, 0.15) is 34.7 Å². The summed E-state index contributed by atoms with van der Waals surface area (Å²) in [5.41, 5.74) is 4.36. The zero-order valence-electron chi connectivity index (χ0n) is 17.1. The number of carbonyl (C=O) groups excluding carboxylic acids is 1. The van der Waals surface area contributed by atoms with E-state index in [1.165, 1.54) is 5.56 Å². The number of nitrogens with one attached hydrogen (secondary N) is 1. The maximum atomic E-state index is 12.8. The Morgan fingerprint density at radius 3 is 2.17 bits per heavy atom. The van der Waals surface area contributed by atoms with Crippen molar-refractivity contribution in [1.29, 1.82) is 0 Å². The SMILES string of the molecule is COc1ccc(CCC(=O)N[C@H](c2ccccc2)c2ccc(C)cc2)cc1OC. The minimum Gasteiger partial charge on any atom is -0.493 e. The van der Waals surface area contributed by atoms with E-state index in [0.29, 0.717) is 24.3 Å². The molecule has 3 aromatic carbocycles. The molecule has 1 N–H and O–H groups in total. The highest BCUT2D eigenvalue weighted by atomic mass is 16.5. The molecular weight excluding hydrogens is 362 g/mol. The number of amides is 1. The van der Waals surface area contributed by atoms with Gasteiger partial charge in [0.25, 0.3) is 0 Å². The molecule has 1 amide bonds. The highest BCUT2D eigenvalue weighted by Crippen LogP contribution is 2.28. The molecule has 0 heterocycles. The third kappa shape index (κ3) is 5.38. The van der Waals surface area contributed by atoms with E-state index in [-0.39, 0.29) is 11.9 Å². The van der Waals surface area contributed by atoms with Gasteiger partial charge in [0.05, 0.1) is 20.3 Å². The summed E-state index contributed by atoms with van der Waals surface area (Å²) in [5, 5.41) is 3.20. The summed E-state index contributed by atoms with van der Waals surface area (Å²) in [5.74, 6) is 1.37. The molecule has 0 aromatic heterocycles. The van der Waals surface area contributed by atoms with Crippen molar-refractivity contribution in [3.63, 3.8) is 0 Å². The Bertz CT molecular complexity index is 936. The van der Waals surface area contributed by atoms with Gasteiger partial charge < -0.3 is 14.8 Å². The summed E-state index contributed by atoms with van der Waals surface area (Å²) in [6.07, 6.45) is 1.02. The predicted octanol–water partition coefficient (Wildman–Crippen LogP) is 4.85. The van der Waals surface area contributed by atoms with Crippen molar-refractivity contribution in [2.75, 3.05) is 14.2 Å². The lowest BCUT2D eigenvalue weighted by Crippen LogP contribution is -2.29. The molecule has 29 heavy (non-hydrogen) atoms. The first-order valence-electron chi connectivity index (χ1n) is 9.72. The molecule has 0 saturated heterocycles. The highest BCUT2D eigenvalue weighted by molar-refractivity contribution is 5.77. The largest absolute Gasteiger partial charge is 0.493 e. The molecule has 4 nitrogen and oxygen atoms in total.